The highest BCUT2D eigenvalue weighted by Crippen LogP contribution is 2.43. The summed E-state index contributed by atoms with van der Waals surface area (Å²) in [5.41, 5.74) is 14.3. The standard InChI is InChI=1S/2C23H28N4.2C2H6/c1-16(2)13-26-15-18-9-5-6-10-19(18)23-22(20-11-7-8-12-21(20)26)24-25-27(23)14-17(3)4;1-16(2)13-26-15-18-9-5-6-10-19(18)22-23(20-11-7-8-12-21(20)26)27(25-24-22)14-17(3)4;2*1-2/h2*5-12,16-17H,13-15H2,1-4H3;2*1-2H3. The molecule has 4 aromatic carbocycles. The van der Waals surface area contributed by atoms with Crippen LogP contribution in [-0.2, 0) is 26.2 Å². The van der Waals surface area contributed by atoms with Crippen molar-refractivity contribution in [2.24, 2.45) is 23.7 Å². The lowest BCUT2D eigenvalue weighted by atomic mass is 9.95. The van der Waals surface area contributed by atoms with E-state index in [-0.39, 0.29) is 0 Å². The van der Waals surface area contributed by atoms with E-state index >= 15 is 0 Å². The first-order chi connectivity index (χ1) is 28.1. The summed E-state index contributed by atoms with van der Waals surface area (Å²) in [6.45, 7) is 31.6. The van der Waals surface area contributed by atoms with Crippen LogP contribution in [0.4, 0.5) is 11.4 Å². The van der Waals surface area contributed by atoms with Crippen molar-refractivity contribution >= 4 is 11.4 Å². The van der Waals surface area contributed by atoms with Crippen molar-refractivity contribution in [3.63, 3.8) is 0 Å². The van der Waals surface area contributed by atoms with E-state index in [0.29, 0.717) is 23.7 Å². The summed E-state index contributed by atoms with van der Waals surface area (Å²) < 4.78 is 4.18. The lowest BCUT2D eigenvalue weighted by molar-refractivity contribution is 0.475. The maximum Gasteiger partial charge on any atom is 0.123 e. The van der Waals surface area contributed by atoms with Gasteiger partial charge in [0.15, 0.2) is 0 Å². The van der Waals surface area contributed by atoms with Crippen LogP contribution < -0.4 is 9.80 Å². The fourth-order valence-electron chi connectivity index (χ4n) is 7.94. The highest BCUT2D eigenvalue weighted by molar-refractivity contribution is 5.89. The van der Waals surface area contributed by atoms with Gasteiger partial charge in [0.2, 0.25) is 0 Å². The van der Waals surface area contributed by atoms with E-state index in [9.17, 15) is 0 Å². The fraction of sp³-hybridized carbons (Fsp3) is 0.440. The van der Waals surface area contributed by atoms with E-state index in [1.165, 1.54) is 44.8 Å². The smallest absolute Gasteiger partial charge is 0.123 e. The van der Waals surface area contributed by atoms with E-state index in [1.54, 1.807) is 0 Å². The summed E-state index contributed by atoms with van der Waals surface area (Å²) in [6, 6.07) is 34.7. The topological polar surface area (TPSA) is 67.9 Å². The summed E-state index contributed by atoms with van der Waals surface area (Å²) in [6.07, 6.45) is 0. The molecule has 2 aliphatic rings. The van der Waals surface area contributed by atoms with Crippen molar-refractivity contribution in [2.45, 2.75) is 109 Å². The van der Waals surface area contributed by atoms with Gasteiger partial charge >= 0.3 is 0 Å². The minimum atomic E-state index is 0.510. The van der Waals surface area contributed by atoms with Gasteiger partial charge < -0.3 is 9.80 Å². The first-order valence-electron chi connectivity index (χ1n) is 21.8. The zero-order valence-corrected chi connectivity index (χ0v) is 37.4. The maximum atomic E-state index is 4.65. The van der Waals surface area contributed by atoms with E-state index < -0.39 is 0 Å². The first kappa shape index (κ1) is 43.9. The van der Waals surface area contributed by atoms with E-state index in [4.69, 9.17) is 0 Å². The molecule has 4 heterocycles. The summed E-state index contributed by atoms with van der Waals surface area (Å²) >= 11 is 0. The molecule has 0 saturated carbocycles. The molecular formula is C50H68N8. The summed E-state index contributed by atoms with van der Waals surface area (Å²) in [7, 11) is 0. The van der Waals surface area contributed by atoms with Crippen molar-refractivity contribution in [3.8, 4) is 45.0 Å². The number of benzene rings is 4. The Hall–Kier alpha value is -5.24. The van der Waals surface area contributed by atoms with Gasteiger partial charge in [-0.15, -0.1) is 10.2 Å². The number of aromatic nitrogens is 6. The molecular weight excluding hydrogens is 713 g/mol. The van der Waals surface area contributed by atoms with Crippen LogP contribution in [0.1, 0.15) is 94.2 Å². The van der Waals surface area contributed by atoms with Gasteiger partial charge in [0.1, 0.15) is 11.4 Å². The normalized spacial score (nSPS) is 12.5. The van der Waals surface area contributed by atoms with Crippen LogP contribution in [0, 0.1) is 23.7 Å². The molecule has 0 amide bonds. The lowest BCUT2D eigenvalue weighted by Gasteiger charge is -2.31. The van der Waals surface area contributed by atoms with Crippen LogP contribution in [-0.4, -0.2) is 43.1 Å². The van der Waals surface area contributed by atoms with Gasteiger partial charge in [-0.25, -0.2) is 9.36 Å². The summed E-state index contributed by atoms with van der Waals surface area (Å²) in [5, 5.41) is 18.4. The van der Waals surface area contributed by atoms with Crippen molar-refractivity contribution in [1.82, 2.24) is 30.0 Å². The second kappa shape index (κ2) is 20.4. The van der Waals surface area contributed by atoms with Gasteiger partial charge in [-0.1, -0.05) is 178 Å². The minimum Gasteiger partial charge on any atom is -0.366 e. The number of nitrogens with zero attached hydrogens (tertiary/aromatic N) is 8. The van der Waals surface area contributed by atoms with Crippen LogP contribution in [0.3, 0.4) is 0 Å². The second-order valence-corrected chi connectivity index (χ2v) is 16.6. The van der Waals surface area contributed by atoms with Crippen LogP contribution in [0.15, 0.2) is 97.1 Å². The van der Waals surface area contributed by atoms with Gasteiger partial charge in [-0.3, -0.25) is 0 Å². The Morgan fingerprint density at radius 2 is 0.759 bits per heavy atom. The molecule has 8 heteroatoms. The third kappa shape index (κ3) is 9.88. The molecule has 0 unspecified atom stereocenters. The van der Waals surface area contributed by atoms with E-state index in [0.717, 1.165) is 62.0 Å². The molecule has 0 fully saturated rings. The molecule has 58 heavy (non-hydrogen) atoms. The highest BCUT2D eigenvalue weighted by Gasteiger charge is 2.28. The Morgan fingerprint density at radius 1 is 0.414 bits per heavy atom. The predicted octanol–water partition coefficient (Wildman–Crippen LogP) is 12.5. The maximum absolute atomic E-state index is 4.65. The molecule has 0 radical (unpaired) electrons. The molecule has 0 N–H and O–H groups in total. The molecule has 8 nitrogen and oxygen atoms in total. The summed E-state index contributed by atoms with van der Waals surface area (Å²) in [4.78, 5) is 5.00. The molecule has 0 aliphatic carbocycles. The minimum absolute atomic E-state index is 0.510. The SMILES string of the molecule is CC.CC.CC(C)CN1Cc2ccccc2-c2c(nnn2CC(C)C)-c2ccccc21.CC(C)CN1Cc2ccccc2-c2nnn(CC(C)C)c2-c2ccccc21. The number of hydrogen-bond acceptors (Lipinski definition) is 6. The Labute approximate surface area is 349 Å². The number of rotatable bonds is 8. The van der Waals surface area contributed by atoms with Crippen LogP contribution in [0.5, 0.6) is 0 Å². The molecule has 0 saturated heterocycles. The summed E-state index contributed by atoms with van der Waals surface area (Å²) in [5.74, 6) is 2.19. The second-order valence-electron chi connectivity index (χ2n) is 16.6. The van der Waals surface area contributed by atoms with Crippen molar-refractivity contribution in [2.75, 3.05) is 22.9 Å². The van der Waals surface area contributed by atoms with Gasteiger partial charge in [0.05, 0.1) is 11.4 Å². The van der Waals surface area contributed by atoms with Gasteiger partial charge in [0.25, 0.3) is 0 Å². The molecule has 0 bridgehead atoms. The largest absolute Gasteiger partial charge is 0.366 e. The van der Waals surface area contributed by atoms with Crippen molar-refractivity contribution < 1.29 is 0 Å². The zero-order valence-electron chi connectivity index (χ0n) is 37.4. The first-order valence-corrected chi connectivity index (χ1v) is 21.8. The Morgan fingerprint density at radius 3 is 1.24 bits per heavy atom. The Balaban J connectivity index is 0.000000204. The lowest BCUT2D eigenvalue weighted by Crippen LogP contribution is -2.28. The van der Waals surface area contributed by atoms with Gasteiger partial charge in [0, 0.05) is 72.9 Å². The van der Waals surface area contributed by atoms with Gasteiger partial charge in [-0.05, 0) is 46.9 Å². The van der Waals surface area contributed by atoms with Crippen LogP contribution in [0.25, 0.3) is 45.0 Å². The number of para-hydroxylation sites is 2. The predicted molar refractivity (Wildman–Crippen MR) is 246 cm³/mol. The van der Waals surface area contributed by atoms with Gasteiger partial charge in [-0.2, -0.15) is 0 Å². The molecule has 0 spiro atoms. The molecule has 6 aromatic rings. The molecule has 2 aromatic heterocycles. The molecule has 308 valence electrons. The van der Waals surface area contributed by atoms with Crippen molar-refractivity contribution in [3.05, 3.63) is 108 Å². The van der Waals surface area contributed by atoms with E-state index in [2.05, 4.69) is 192 Å². The average Bonchev–Trinajstić information content (AvgIpc) is 3.81. The third-order valence-corrected chi connectivity index (χ3v) is 9.98. The van der Waals surface area contributed by atoms with Crippen molar-refractivity contribution in [1.29, 1.82) is 0 Å². The molecule has 2 aliphatic heterocycles. The average molecular weight is 781 g/mol. The van der Waals surface area contributed by atoms with E-state index in [1.807, 2.05) is 27.7 Å². The van der Waals surface area contributed by atoms with Crippen LogP contribution >= 0.6 is 0 Å². The van der Waals surface area contributed by atoms with Crippen LogP contribution in [0.2, 0.25) is 0 Å². The fourth-order valence-corrected chi connectivity index (χ4v) is 7.94. The Bertz CT molecular complexity index is 2190. The quantitative estimate of drug-likeness (QED) is 0.153. The third-order valence-electron chi connectivity index (χ3n) is 9.98. The molecule has 8 rings (SSSR count). The monoisotopic (exact) mass is 781 g/mol. The number of hydrogen-bond donors (Lipinski definition) is 0. The zero-order chi connectivity index (χ0) is 41.9. The number of anilines is 2. The molecule has 0 atom stereocenters. The number of fused-ring (bicyclic) bond motifs is 10. The Kier molecular flexibility index (Phi) is 15.5. The highest BCUT2D eigenvalue weighted by atomic mass is 15.4.